The Labute approximate surface area is 118 Å². The number of azide groups is 1. The van der Waals surface area contributed by atoms with Gasteiger partial charge >= 0.3 is 5.97 Å². The zero-order chi connectivity index (χ0) is 15.2. The van der Waals surface area contributed by atoms with Crippen molar-refractivity contribution in [3.63, 3.8) is 0 Å². The summed E-state index contributed by atoms with van der Waals surface area (Å²) in [6.45, 7) is 6.39. The van der Waals surface area contributed by atoms with Crippen molar-refractivity contribution in [2.75, 3.05) is 20.2 Å². The lowest BCUT2D eigenvalue weighted by atomic mass is 9.89. The molecular weight excluding hydrogens is 256 g/mol. The molecular formula is C14H20N4O2. The second-order valence-corrected chi connectivity index (χ2v) is 4.87. The third-order valence-corrected chi connectivity index (χ3v) is 3.15. The van der Waals surface area contributed by atoms with Crippen molar-refractivity contribution in [3.05, 3.63) is 45.3 Å². The van der Waals surface area contributed by atoms with Gasteiger partial charge in [-0.15, -0.1) is 0 Å². The largest absolute Gasteiger partial charge is 0.467 e. The minimum absolute atomic E-state index is 0.272. The first-order chi connectivity index (χ1) is 9.43. The van der Waals surface area contributed by atoms with Crippen LogP contribution in [0.25, 0.3) is 10.4 Å². The van der Waals surface area contributed by atoms with Gasteiger partial charge < -0.3 is 4.74 Å². The maximum Gasteiger partial charge on any atom is 0.330 e. The fourth-order valence-corrected chi connectivity index (χ4v) is 2.16. The predicted molar refractivity (Wildman–Crippen MR) is 77.3 cm³/mol. The number of hydrogen-bond donors (Lipinski definition) is 1. The van der Waals surface area contributed by atoms with Crippen LogP contribution in [-0.4, -0.2) is 26.2 Å². The number of esters is 1. The van der Waals surface area contributed by atoms with Crippen molar-refractivity contribution in [1.82, 2.24) is 5.32 Å². The van der Waals surface area contributed by atoms with Gasteiger partial charge in [0, 0.05) is 18.0 Å². The first-order valence-electron chi connectivity index (χ1n) is 6.37. The number of ether oxygens (including phenoxy) is 1. The lowest BCUT2D eigenvalue weighted by Gasteiger charge is -2.29. The van der Waals surface area contributed by atoms with Gasteiger partial charge in [0.1, 0.15) is 5.54 Å². The number of nitrogens with one attached hydrogen (secondary N) is 1. The van der Waals surface area contributed by atoms with Gasteiger partial charge in [-0.05, 0) is 31.9 Å². The highest BCUT2D eigenvalue weighted by Gasteiger charge is 2.35. The molecule has 0 saturated carbocycles. The molecule has 1 rings (SSSR count). The van der Waals surface area contributed by atoms with Crippen LogP contribution in [0.2, 0.25) is 0 Å². The van der Waals surface area contributed by atoms with Crippen LogP contribution in [0.4, 0.5) is 0 Å². The van der Waals surface area contributed by atoms with E-state index < -0.39 is 5.54 Å². The van der Waals surface area contributed by atoms with Gasteiger partial charge in [-0.3, -0.25) is 5.32 Å². The average Bonchev–Trinajstić information content (AvgIpc) is 2.41. The molecule has 20 heavy (non-hydrogen) atoms. The number of carbonyl (C=O) groups is 1. The standard InChI is InChI=1S/C14H20N4O2/c1-10-7-11(2)9-12(8-10)14(3,13(19)20-4)16-5-6-17-18-15/h7-9,16H,5-6H2,1-4H3. The van der Waals surface area contributed by atoms with Crippen molar-refractivity contribution in [1.29, 1.82) is 0 Å². The first kappa shape index (κ1) is 16.0. The molecule has 1 aromatic carbocycles. The van der Waals surface area contributed by atoms with Crippen molar-refractivity contribution >= 4 is 5.97 Å². The molecule has 0 aromatic heterocycles. The quantitative estimate of drug-likeness (QED) is 0.285. The summed E-state index contributed by atoms with van der Waals surface area (Å²) in [5, 5.41) is 6.57. The Hall–Kier alpha value is -2.04. The minimum atomic E-state index is -0.962. The van der Waals surface area contributed by atoms with E-state index in [1.54, 1.807) is 6.92 Å². The van der Waals surface area contributed by atoms with Crippen LogP contribution >= 0.6 is 0 Å². The molecule has 108 valence electrons. The summed E-state index contributed by atoms with van der Waals surface area (Å²) in [4.78, 5) is 14.8. The van der Waals surface area contributed by atoms with Gasteiger partial charge in [0.2, 0.25) is 0 Å². The fourth-order valence-electron chi connectivity index (χ4n) is 2.16. The Morgan fingerprint density at radius 2 is 2.00 bits per heavy atom. The Morgan fingerprint density at radius 3 is 2.50 bits per heavy atom. The SMILES string of the molecule is COC(=O)C(C)(NCCN=[N+]=[N-])c1cc(C)cc(C)c1. The van der Waals surface area contributed by atoms with E-state index in [9.17, 15) is 4.79 Å². The van der Waals surface area contributed by atoms with Crippen molar-refractivity contribution in [2.45, 2.75) is 26.3 Å². The molecule has 6 nitrogen and oxygen atoms in total. The number of nitrogens with zero attached hydrogens (tertiary/aromatic N) is 3. The fraction of sp³-hybridized carbons (Fsp3) is 0.500. The lowest BCUT2D eigenvalue weighted by molar-refractivity contribution is -0.148. The summed E-state index contributed by atoms with van der Waals surface area (Å²) >= 11 is 0. The Balaban J connectivity index is 3.09. The van der Waals surface area contributed by atoms with Crippen LogP contribution in [0.1, 0.15) is 23.6 Å². The summed E-state index contributed by atoms with van der Waals surface area (Å²) in [7, 11) is 1.36. The topological polar surface area (TPSA) is 87.1 Å². The highest BCUT2D eigenvalue weighted by atomic mass is 16.5. The first-order valence-corrected chi connectivity index (χ1v) is 6.37. The third-order valence-electron chi connectivity index (χ3n) is 3.15. The van der Waals surface area contributed by atoms with Crippen LogP contribution in [0.15, 0.2) is 23.3 Å². The van der Waals surface area contributed by atoms with Crippen molar-refractivity contribution < 1.29 is 9.53 Å². The van der Waals surface area contributed by atoms with E-state index in [1.807, 2.05) is 32.0 Å². The summed E-state index contributed by atoms with van der Waals surface area (Å²) in [5.41, 5.74) is 10.3. The van der Waals surface area contributed by atoms with Crippen LogP contribution in [-0.2, 0) is 15.1 Å². The molecule has 0 fully saturated rings. The molecule has 0 heterocycles. The summed E-state index contributed by atoms with van der Waals surface area (Å²) < 4.78 is 4.90. The molecule has 0 saturated heterocycles. The molecule has 0 aliphatic carbocycles. The predicted octanol–water partition coefficient (Wildman–Crippen LogP) is 2.59. The second-order valence-electron chi connectivity index (χ2n) is 4.87. The van der Waals surface area contributed by atoms with E-state index in [-0.39, 0.29) is 12.5 Å². The number of aryl methyl sites for hydroxylation is 2. The van der Waals surface area contributed by atoms with Crippen LogP contribution in [0, 0.1) is 13.8 Å². The van der Waals surface area contributed by atoms with Gasteiger partial charge in [0.15, 0.2) is 0 Å². The summed E-state index contributed by atoms with van der Waals surface area (Å²) in [5.74, 6) is -0.372. The Morgan fingerprint density at radius 1 is 1.40 bits per heavy atom. The normalized spacial score (nSPS) is 13.2. The van der Waals surface area contributed by atoms with Gasteiger partial charge in [-0.25, -0.2) is 4.79 Å². The van der Waals surface area contributed by atoms with Gasteiger partial charge in [0.25, 0.3) is 0 Å². The van der Waals surface area contributed by atoms with Gasteiger partial charge in [-0.2, -0.15) is 0 Å². The number of carbonyl (C=O) groups excluding carboxylic acids is 1. The lowest BCUT2D eigenvalue weighted by Crippen LogP contribution is -2.48. The number of benzene rings is 1. The molecule has 0 aliphatic rings. The number of rotatable bonds is 6. The molecule has 6 heteroatoms. The Bertz CT molecular complexity index is 518. The van der Waals surface area contributed by atoms with E-state index in [0.29, 0.717) is 6.54 Å². The molecule has 0 amide bonds. The van der Waals surface area contributed by atoms with E-state index in [4.69, 9.17) is 10.3 Å². The van der Waals surface area contributed by atoms with Crippen molar-refractivity contribution in [3.8, 4) is 0 Å². The smallest absolute Gasteiger partial charge is 0.330 e. The van der Waals surface area contributed by atoms with Crippen LogP contribution < -0.4 is 5.32 Å². The number of methoxy groups -OCH3 is 1. The van der Waals surface area contributed by atoms with Crippen LogP contribution in [0.5, 0.6) is 0 Å². The Kier molecular flexibility index (Phi) is 5.55. The molecule has 1 unspecified atom stereocenters. The molecule has 0 radical (unpaired) electrons. The highest BCUT2D eigenvalue weighted by Crippen LogP contribution is 2.24. The minimum Gasteiger partial charge on any atom is -0.467 e. The molecule has 1 atom stereocenters. The molecule has 1 aromatic rings. The van der Waals surface area contributed by atoms with E-state index in [1.165, 1.54) is 7.11 Å². The van der Waals surface area contributed by atoms with Gasteiger partial charge in [-0.1, -0.05) is 34.4 Å². The summed E-state index contributed by atoms with van der Waals surface area (Å²) in [6.07, 6.45) is 0. The van der Waals surface area contributed by atoms with E-state index >= 15 is 0 Å². The van der Waals surface area contributed by atoms with Crippen molar-refractivity contribution in [2.24, 2.45) is 5.11 Å². The monoisotopic (exact) mass is 276 g/mol. The zero-order valence-electron chi connectivity index (χ0n) is 12.3. The summed E-state index contributed by atoms with van der Waals surface area (Å²) in [6, 6.07) is 5.94. The highest BCUT2D eigenvalue weighted by molar-refractivity contribution is 5.82. The number of hydrogen-bond acceptors (Lipinski definition) is 4. The van der Waals surface area contributed by atoms with Crippen LogP contribution in [0.3, 0.4) is 0 Å². The second kappa shape index (κ2) is 6.93. The average molecular weight is 276 g/mol. The molecule has 0 bridgehead atoms. The molecule has 0 spiro atoms. The molecule has 0 aliphatic heterocycles. The maximum absolute atomic E-state index is 12.1. The third kappa shape index (κ3) is 3.73. The van der Waals surface area contributed by atoms with Gasteiger partial charge in [0.05, 0.1) is 7.11 Å². The van der Waals surface area contributed by atoms with E-state index in [0.717, 1.165) is 16.7 Å². The van der Waals surface area contributed by atoms with E-state index in [2.05, 4.69) is 15.3 Å². The zero-order valence-corrected chi connectivity index (χ0v) is 12.3. The maximum atomic E-state index is 12.1. The molecule has 1 N–H and O–H groups in total.